The van der Waals surface area contributed by atoms with Crippen molar-refractivity contribution in [3.05, 3.63) is 101 Å². The van der Waals surface area contributed by atoms with Gasteiger partial charge in [-0.1, -0.05) is 129 Å². The van der Waals surface area contributed by atoms with Gasteiger partial charge in [-0.15, -0.1) is 5.92 Å². The Bertz CT molecular complexity index is 1280. The maximum atomic E-state index is 13.9. The van der Waals surface area contributed by atoms with Crippen LogP contribution in [-0.2, 0) is 20.9 Å². The van der Waals surface area contributed by atoms with E-state index in [0.29, 0.717) is 19.4 Å². The predicted octanol–water partition coefficient (Wildman–Crippen LogP) is 11.8. The zero-order chi connectivity index (χ0) is 38.7. The summed E-state index contributed by atoms with van der Waals surface area (Å²) in [5.41, 5.74) is 12.2. The first-order chi connectivity index (χ1) is 24.4. The number of hydrogen-bond donors (Lipinski definition) is 2. The Hall–Kier alpha value is -3.69. The van der Waals surface area contributed by atoms with Crippen LogP contribution in [0.3, 0.4) is 0 Å². The van der Waals surface area contributed by atoms with E-state index in [1.54, 1.807) is 25.3 Å². The highest BCUT2D eigenvalue weighted by Gasteiger charge is 2.27. The number of methoxy groups -OCH3 is 1. The monoisotopic (exact) mass is 707 g/mol. The second-order valence-corrected chi connectivity index (χ2v) is 10.2. The Morgan fingerprint density at radius 1 is 0.940 bits per heavy atom. The molecule has 0 aliphatic heterocycles. The number of esters is 1. The van der Waals surface area contributed by atoms with Crippen LogP contribution in [0.4, 0.5) is 0 Å². The molecule has 0 unspecified atom stereocenters. The molecule has 2 N–H and O–H groups in total. The third-order valence-corrected chi connectivity index (χ3v) is 7.30. The van der Waals surface area contributed by atoms with E-state index >= 15 is 0 Å². The standard InChI is InChI=1S/C35H42N2O3.4C2H6.CH4S/c1-4-5-8-17-32(18-11-7-12-20-34(38)40-3)37(35(39)30-14-9-6-10-15-30)26-28-21-23-29(24-22-28)31-16-13-19-33(36)27(2)25-31;5*1-2/h8,12-13,16-18,20-25,30H,6-7,9-11,14-15,19,26,36H2,1-3H3;4*1-2H3;2H,1H3/b17-8-,20-12?,32-18+;;;;;. The summed E-state index contributed by atoms with van der Waals surface area (Å²) in [6, 6.07) is 8.43. The van der Waals surface area contributed by atoms with E-state index in [1.807, 2.05) is 73.3 Å². The van der Waals surface area contributed by atoms with Crippen molar-refractivity contribution in [2.75, 3.05) is 13.4 Å². The molecule has 1 aromatic carbocycles. The maximum Gasteiger partial charge on any atom is 0.330 e. The predicted molar refractivity (Wildman–Crippen MR) is 224 cm³/mol. The first kappa shape index (κ1) is 50.7. The lowest BCUT2D eigenvalue weighted by molar-refractivity contribution is -0.135. The Morgan fingerprint density at radius 2 is 1.54 bits per heavy atom. The number of carbonyl (C=O) groups is 2. The third kappa shape index (κ3) is 20.7. The molecule has 2 aliphatic rings. The highest BCUT2D eigenvalue weighted by Crippen LogP contribution is 2.29. The van der Waals surface area contributed by atoms with Crippen LogP contribution in [0.2, 0.25) is 0 Å². The minimum atomic E-state index is -0.371. The quantitative estimate of drug-likeness (QED) is 0.0634. The van der Waals surface area contributed by atoms with Gasteiger partial charge in [0.25, 0.3) is 0 Å². The van der Waals surface area contributed by atoms with Crippen molar-refractivity contribution < 1.29 is 14.3 Å². The molecule has 0 spiro atoms. The lowest BCUT2D eigenvalue weighted by Gasteiger charge is -2.30. The average molecular weight is 707 g/mol. The van der Waals surface area contributed by atoms with Crippen molar-refractivity contribution in [3.63, 3.8) is 0 Å². The number of nitrogens with two attached hydrogens (primary N) is 1. The normalized spacial score (nSPS) is 13.8. The number of thiol groups is 1. The van der Waals surface area contributed by atoms with Crippen LogP contribution in [0.5, 0.6) is 0 Å². The number of allylic oxidation sites excluding steroid dienone is 9. The molecular weight excluding hydrogens is 637 g/mol. The molecule has 1 fully saturated rings. The van der Waals surface area contributed by atoms with Crippen LogP contribution in [0.1, 0.15) is 132 Å². The highest BCUT2D eigenvalue weighted by atomic mass is 32.1. The van der Waals surface area contributed by atoms with E-state index in [1.165, 1.54) is 19.6 Å². The van der Waals surface area contributed by atoms with Crippen LogP contribution in [0.25, 0.3) is 5.57 Å². The van der Waals surface area contributed by atoms with Crippen molar-refractivity contribution in [2.45, 2.75) is 127 Å². The van der Waals surface area contributed by atoms with Crippen molar-refractivity contribution in [1.82, 2.24) is 4.90 Å². The maximum absolute atomic E-state index is 13.9. The zero-order valence-corrected chi connectivity index (χ0v) is 34.5. The molecule has 3 rings (SSSR count). The van der Waals surface area contributed by atoms with Gasteiger partial charge in [0.1, 0.15) is 0 Å². The molecule has 280 valence electrons. The molecule has 0 bridgehead atoms. The largest absolute Gasteiger partial charge is 0.466 e. The Kier molecular flexibility index (Phi) is 35.6. The second kappa shape index (κ2) is 35.1. The van der Waals surface area contributed by atoms with Gasteiger partial charge in [-0.05, 0) is 86.3 Å². The summed E-state index contributed by atoms with van der Waals surface area (Å²) >= 11 is 3.53. The molecule has 2 aliphatic carbocycles. The lowest BCUT2D eigenvalue weighted by atomic mass is 9.88. The van der Waals surface area contributed by atoms with E-state index in [2.05, 4.69) is 77.8 Å². The fraction of sp³-hybridized carbons (Fsp3) is 0.500. The van der Waals surface area contributed by atoms with Gasteiger partial charge in [0.15, 0.2) is 0 Å². The van der Waals surface area contributed by atoms with Gasteiger partial charge in [-0.2, -0.15) is 12.6 Å². The van der Waals surface area contributed by atoms with Crippen LogP contribution in [0.15, 0.2) is 89.8 Å². The van der Waals surface area contributed by atoms with Gasteiger partial charge in [0.2, 0.25) is 5.91 Å². The molecule has 1 amide bonds. The fourth-order valence-electron chi connectivity index (χ4n) is 4.93. The minimum absolute atomic E-state index is 0.0304. The second-order valence-electron chi connectivity index (χ2n) is 10.2. The molecule has 50 heavy (non-hydrogen) atoms. The minimum Gasteiger partial charge on any atom is -0.466 e. The molecule has 0 aromatic heterocycles. The van der Waals surface area contributed by atoms with Crippen molar-refractivity contribution in [3.8, 4) is 11.8 Å². The summed E-state index contributed by atoms with van der Waals surface area (Å²) in [5.74, 6) is 5.71. The molecular formula is C44H70N2O3S. The zero-order valence-electron chi connectivity index (χ0n) is 33.6. The van der Waals surface area contributed by atoms with Gasteiger partial charge >= 0.3 is 5.97 Å². The van der Waals surface area contributed by atoms with E-state index in [0.717, 1.165) is 65.8 Å². The number of carbonyl (C=O) groups excluding carboxylic acids is 2. The average Bonchev–Trinajstić information content (AvgIpc) is 3.36. The molecule has 1 aromatic rings. The fourth-order valence-corrected chi connectivity index (χ4v) is 4.93. The van der Waals surface area contributed by atoms with E-state index in [-0.39, 0.29) is 17.8 Å². The number of nitrogens with zero attached hydrogens (tertiary/aromatic N) is 1. The lowest BCUT2D eigenvalue weighted by Crippen LogP contribution is -2.35. The topological polar surface area (TPSA) is 72.6 Å². The van der Waals surface area contributed by atoms with Crippen molar-refractivity contribution >= 4 is 30.1 Å². The van der Waals surface area contributed by atoms with Crippen LogP contribution < -0.4 is 5.73 Å². The Balaban J connectivity index is -0.00000202. The number of hydrogen-bond acceptors (Lipinski definition) is 5. The number of unbranched alkanes of at least 4 members (excludes halogenated alkanes) is 1. The van der Waals surface area contributed by atoms with E-state index in [4.69, 9.17) is 5.73 Å². The highest BCUT2D eigenvalue weighted by molar-refractivity contribution is 7.79. The SMILES string of the molecule is CC.CC.CC.CC.CC#C/C=C\C(=C/CCC=CC(=O)OC)N(Cc1ccc(C2=CC(C)=C(N)CC=C2)cc1)C(=O)C1CCCCC1.CS. The molecule has 0 radical (unpaired) electrons. The summed E-state index contributed by atoms with van der Waals surface area (Å²) in [5, 5.41) is 0. The smallest absolute Gasteiger partial charge is 0.330 e. The number of rotatable bonds is 10. The van der Waals surface area contributed by atoms with Gasteiger partial charge in [0, 0.05) is 29.8 Å². The van der Waals surface area contributed by atoms with E-state index < -0.39 is 0 Å². The van der Waals surface area contributed by atoms with Gasteiger partial charge in [0.05, 0.1) is 13.7 Å². The molecule has 0 saturated heterocycles. The molecule has 0 heterocycles. The van der Waals surface area contributed by atoms with Gasteiger partial charge < -0.3 is 15.4 Å². The number of ether oxygens (including phenoxy) is 1. The molecule has 5 nitrogen and oxygen atoms in total. The molecule has 6 heteroatoms. The first-order valence-electron chi connectivity index (χ1n) is 18.6. The van der Waals surface area contributed by atoms with Crippen molar-refractivity contribution in [2.24, 2.45) is 11.7 Å². The van der Waals surface area contributed by atoms with Crippen molar-refractivity contribution in [1.29, 1.82) is 0 Å². The third-order valence-electron chi connectivity index (χ3n) is 7.30. The summed E-state index contributed by atoms with van der Waals surface area (Å²) in [7, 11) is 1.36. The Labute approximate surface area is 313 Å². The first-order valence-corrected chi connectivity index (χ1v) is 19.5. The van der Waals surface area contributed by atoms with Crippen LogP contribution >= 0.6 is 12.6 Å². The molecule has 1 saturated carbocycles. The summed E-state index contributed by atoms with van der Waals surface area (Å²) in [6.45, 7) is 20.3. The number of amides is 1. The summed E-state index contributed by atoms with van der Waals surface area (Å²) in [4.78, 5) is 27.2. The van der Waals surface area contributed by atoms with E-state index in [9.17, 15) is 9.59 Å². The van der Waals surface area contributed by atoms with Gasteiger partial charge in [-0.25, -0.2) is 4.79 Å². The summed E-state index contributed by atoms with van der Waals surface area (Å²) < 4.78 is 4.67. The Morgan fingerprint density at radius 3 is 2.10 bits per heavy atom. The molecule has 0 atom stereocenters. The van der Waals surface area contributed by atoms with Crippen LogP contribution in [-0.4, -0.2) is 30.1 Å². The number of benzene rings is 1. The van der Waals surface area contributed by atoms with Gasteiger partial charge in [-0.3, -0.25) is 4.79 Å². The summed E-state index contributed by atoms with van der Waals surface area (Å²) in [6.07, 6.45) is 24.4. The van der Waals surface area contributed by atoms with Crippen LogP contribution in [0, 0.1) is 17.8 Å².